The van der Waals surface area contributed by atoms with Crippen LogP contribution in [0.15, 0.2) is 53.3 Å². The zero-order chi connectivity index (χ0) is 18.7. The molecule has 0 aliphatic heterocycles. The van der Waals surface area contributed by atoms with E-state index in [4.69, 9.17) is 4.98 Å². The predicted octanol–water partition coefficient (Wildman–Crippen LogP) is 2.91. The number of benzene rings is 2. The van der Waals surface area contributed by atoms with Crippen molar-refractivity contribution in [3.63, 3.8) is 0 Å². The molecule has 1 heterocycles. The monoisotopic (exact) mass is 350 g/mol. The molecule has 0 amide bonds. The maximum Gasteiger partial charge on any atom is 0.266 e. The van der Waals surface area contributed by atoms with Crippen LogP contribution in [0.4, 0.5) is 0 Å². The molecular formula is C21H26N4O. The molecule has 0 saturated heterocycles. The highest BCUT2D eigenvalue weighted by Gasteiger charge is 2.17. The van der Waals surface area contributed by atoms with E-state index >= 15 is 0 Å². The summed E-state index contributed by atoms with van der Waals surface area (Å²) >= 11 is 0. The van der Waals surface area contributed by atoms with E-state index in [0.29, 0.717) is 5.39 Å². The highest BCUT2D eigenvalue weighted by atomic mass is 16.1. The van der Waals surface area contributed by atoms with Gasteiger partial charge in [0, 0.05) is 13.1 Å². The lowest BCUT2D eigenvalue weighted by atomic mass is 10.2. The van der Waals surface area contributed by atoms with Crippen LogP contribution in [0.2, 0.25) is 0 Å². The van der Waals surface area contributed by atoms with Crippen LogP contribution in [-0.2, 0) is 0 Å². The van der Waals surface area contributed by atoms with Gasteiger partial charge in [-0.15, -0.1) is 0 Å². The molecule has 1 atom stereocenters. The van der Waals surface area contributed by atoms with E-state index in [-0.39, 0.29) is 11.6 Å². The second-order valence-corrected chi connectivity index (χ2v) is 6.94. The second-order valence-electron chi connectivity index (χ2n) is 6.94. The summed E-state index contributed by atoms with van der Waals surface area (Å²) in [6.45, 7) is 5.84. The van der Waals surface area contributed by atoms with E-state index in [1.807, 2.05) is 69.6 Å². The van der Waals surface area contributed by atoms with Crippen molar-refractivity contribution < 1.29 is 0 Å². The van der Waals surface area contributed by atoms with E-state index in [0.717, 1.165) is 35.7 Å². The topological polar surface area (TPSA) is 50.2 Å². The summed E-state index contributed by atoms with van der Waals surface area (Å²) in [5, 5.41) is 4.12. The van der Waals surface area contributed by atoms with Crippen LogP contribution in [-0.4, -0.2) is 41.6 Å². The molecule has 0 saturated carbocycles. The molecule has 0 aliphatic carbocycles. The molecule has 136 valence electrons. The number of nitrogens with zero attached hydrogens (tertiary/aromatic N) is 3. The lowest BCUT2D eigenvalue weighted by molar-refractivity contribution is 0.385. The first-order chi connectivity index (χ1) is 12.5. The third kappa shape index (κ3) is 3.84. The first kappa shape index (κ1) is 18.3. The van der Waals surface area contributed by atoms with E-state index in [1.165, 1.54) is 0 Å². The van der Waals surface area contributed by atoms with Crippen LogP contribution in [0, 0.1) is 6.92 Å². The molecule has 0 unspecified atom stereocenters. The van der Waals surface area contributed by atoms with Crippen molar-refractivity contribution in [3.05, 3.63) is 70.3 Å². The van der Waals surface area contributed by atoms with Crippen LogP contribution in [0.5, 0.6) is 0 Å². The Morgan fingerprint density at radius 3 is 2.50 bits per heavy atom. The van der Waals surface area contributed by atoms with Crippen LogP contribution >= 0.6 is 0 Å². The molecule has 0 bridgehead atoms. The number of aryl methyl sites for hydroxylation is 1. The SMILES string of the molecule is Cc1ccc(-n2c([C@@H](C)NCCN(C)C)nc3ccccc3c2=O)cc1. The van der Waals surface area contributed by atoms with Crippen LogP contribution < -0.4 is 10.9 Å². The molecule has 5 nitrogen and oxygen atoms in total. The van der Waals surface area contributed by atoms with Gasteiger partial charge < -0.3 is 10.2 Å². The summed E-state index contributed by atoms with van der Waals surface area (Å²) in [6.07, 6.45) is 0. The van der Waals surface area contributed by atoms with Crippen molar-refractivity contribution in [1.82, 2.24) is 19.8 Å². The Labute approximate surface area is 154 Å². The number of para-hydroxylation sites is 1. The standard InChI is InChI=1S/C21H26N4O/c1-15-9-11-17(12-10-15)25-20(16(2)22-13-14-24(3)4)23-19-8-6-5-7-18(19)21(25)26/h5-12,16,22H,13-14H2,1-4H3/t16-/m1/s1. The predicted molar refractivity (Wildman–Crippen MR) is 107 cm³/mol. The van der Waals surface area contributed by atoms with Crippen molar-refractivity contribution in [2.45, 2.75) is 19.9 Å². The minimum absolute atomic E-state index is 0.0317. The number of nitrogens with one attached hydrogen (secondary N) is 1. The third-order valence-corrected chi connectivity index (χ3v) is 4.49. The van der Waals surface area contributed by atoms with E-state index in [2.05, 4.69) is 17.1 Å². The van der Waals surface area contributed by atoms with Gasteiger partial charge in [0.05, 0.1) is 22.6 Å². The molecule has 26 heavy (non-hydrogen) atoms. The average Bonchev–Trinajstić information content (AvgIpc) is 2.62. The fourth-order valence-corrected chi connectivity index (χ4v) is 2.98. The summed E-state index contributed by atoms with van der Waals surface area (Å²) < 4.78 is 1.73. The van der Waals surface area contributed by atoms with Gasteiger partial charge in [0.15, 0.2) is 0 Å². The number of hydrogen-bond acceptors (Lipinski definition) is 4. The Hall–Kier alpha value is -2.50. The van der Waals surface area contributed by atoms with Crippen LogP contribution in [0.1, 0.15) is 24.4 Å². The van der Waals surface area contributed by atoms with E-state index in [1.54, 1.807) is 4.57 Å². The maximum absolute atomic E-state index is 13.2. The number of likely N-dealkylation sites (N-methyl/N-ethyl adjacent to an activating group) is 1. The molecule has 0 radical (unpaired) electrons. The van der Waals surface area contributed by atoms with Crippen molar-refractivity contribution >= 4 is 10.9 Å². The summed E-state index contributed by atoms with van der Waals surface area (Å²) in [7, 11) is 4.09. The van der Waals surface area contributed by atoms with Crippen molar-refractivity contribution in [2.24, 2.45) is 0 Å². The van der Waals surface area contributed by atoms with Gasteiger partial charge in [-0.3, -0.25) is 9.36 Å². The fourth-order valence-electron chi connectivity index (χ4n) is 2.98. The van der Waals surface area contributed by atoms with Gasteiger partial charge in [-0.2, -0.15) is 0 Å². The third-order valence-electron chi connectivity index (χ3n) is 4.49. The van der Waals surface area contributed by atoms with Crippen molar-refractivity contribution in [3.8, 4) is 5.69 Å². The minimum Gasteiger partial charge on any atom is -0.308 e. The number of fused-ring (bicyclic) bond motifs is 1. The average molecular weight is 350 g/mol. The minimum atomic E-state index is -0.0476. The molecule has 3 rings (SSSR count). The van der Waals surface area contributed by atoms with Crippen LogP contribution in [0.3, 0.4) is 0 Å². The molecular weight excluding hydrogens is 324 g/mol. The Balaban J connectivity index is 2.11. The van der Waals surface area contributed by atoms with Gasteiger partial charge in [-0.1, -0.05) is 29.8 Å². The fraction of sp³-hybridized carbons (Fsp3) is 0.333. The Bertz CT molecular complexity index is 944. The molecule has 0 spiro atoms. The number of aromatic nitrogens is 2. The van der Waals surface area contributed by atoms with Gasteiger partial charge >= 0.3 is 0 Å². The summed E-state index contributed by atoms with van der Waals surface area (Å²) in [5.74, 6) is 0.733. The van der Waals surface area contributed by atoms with Gasteiger partial charge in [0.25, 0.3) is 5.56 Å². The Morgan fingerprint density at radius 2 is 1.81 bits per heavy atom. The molecule has 3 aromatic rings. The quantitative estimate of drug-likeness (QED) is 0.743. The smallest absolute Gasteiger partial charge is 0.266 e. The highest BCUT2D eigenvalue weighted by molar-refractivity contribution is 5.77. The van der Waals surface area contributed by atoms with E-state index < -0.39 is 0 Å². The number of hydrogen-bond donors (Lipinski definition) is 1. The highest BCUT2D eigenvalue weighted by Crippen LogP contribution is 2.18. The normalized spacial score (nSPS) is 12.7. The van der Waals surface area contributed by atoms with Crippen LogP contribution in [0.25, 0.3) is 16.6 Å². The van der Waals surface area contributed by atoms with Gasteiger partial charge in [0.1, 0.15) is 5.82 Å². The largest absolute Gasteiger partial charge is 0.308 e. The summed E-state index contributed by atoms with van der Waals surface area (Å²) in [4.78, 5) is 20.2. The summed E-state index contributed by atoms with van der Waals surface area (Å²) in [6, 6.07) is 15.5. The second kappa shape index (κ2) is 7.81. The van der Waals surface area contributed by atoms with Crippen molar-refractivity contribution in [1.29, 1.82) is 0 Å². The molecule has 0 fully saturated rings. The lowest BCUT2D eigenvalue weighted by Crippen LogP contribution is -2.33. The zero-order valence-electron chi connectivity index (χ0n) is 15.9. The van der Waals surface area contributed by atoms with Crippen molar-refractivity contribution in [2.75, 3.05) is 27.2 Å². The first-order valence-corrected chi connectivity index (χ1v) is 8.94. The molecule has 0 aliphatic rings. The number of rotatable bonds is 6. The molecule has 5 heteroatoms. The Morgan fingerprint density at radius 1 is 1.12 bits per heavy atom. The van der Waals surface area contributed by atoms with E-state index in [9.17, 15) is 4.79 Å². The first-order valence-electron chi connectivity index (χ1n) is 8.94. The molecule has 1 N–H and O–H groups in total. The zero-order valence-corrected chi connectivity index (χ0v) is 15.9. The lowest BCUT2D eigenvalue weighted by Gasteiger charge is -2.20. The maximum atomic E-state index is 13.2. The molecule has 1 aromatic heterocycles. The van der Waals surface area contributed by atoms with Gasteiger partial charge in [-0.05, 0) is 52.2 Å². The van der Waals surface area contributed by atoms with Gasteiger partial charge in [-0.25, -0.2) is 4.98 Å². The Kier molecular flexibility index (Phi) is 5.49. The summed E-state index contributed by atoms with van der Waals surface area (Å²) in [5.41, 5.74) is 2.71. The van der Waals surface area contributed by atoms with Gasteiger partial charge in [0.2, 0.25) is 0 Å². The molecule has 2 aromatic carbocycles.